The van der Waals surface area contributed by atoms with Crippen LogP contribution in [0.4, 0.5) is 0 Å². The van der Waals surface area contributed by atoms with Gasteiger partial charge in [0.15, 0.2) is 5.03 Å². The van der Waals surface area contributed by atoms with Crippen LogP contribution in [0.1, 0.15) is 12.8 Å². The maximum atomic E-state index is 12.5. The SMILES string of the molecule is COCC1(CNS(=O)(=O)c2csc(-c3ccccc3)n2)CCCN1.Cl. The monoisotopic (exact) mass is 403 g/mol. The highest BCUT2D eigenvalue weighted by atomic mass is 35.5. The van der Waals surface area contributed by atoms with Crippen LogP contribution in [-0.4, -0.2) is 45.7 Å². The van der Waals surface area contributed by atoms with Gasteiger partial charge < -0.3 is 10.1 Å². The number of sulfonamides is 1. The molecule has 1 aliphatic heterocycles. The largest absolute Gasteiger partial charge is 0.383 e. The molecule has 1 aromatic heterocycles. The molecule has 0 aliphatic carbocycles. The van der Waals surface area contributed by atoms with E-state index in [0.717, 1.165) is 24.9 Å². The number of nitrogens with one attached hydrogen (secondary N) is 2. The van der Waals surface area contributed by atoms with Crippen molar-refractivity contribution < 1.29 is 13.2 Å². The minimum Gasteiger partial charge on any atom is -0.383 e. The van der Waals surface area contributed by atoms with Gasteiger partial charge in [0, 0.05) is 24.6 Å². The molecule has 2 N–H and O–H groups in total. The number of methoxy groups -OCH3 is 1. The number of nitrogens with zero attached hydrogens (tertiary/aromatic N) is 1. The normalized spacial score (nSPS) is 20.4. The molecular formula is C16H22ClN3O3S2. The molecule has 2 heterocycles. The fraction of sp³-hybridized carbons (Fsp3) is 0.438. The van der Waals surface area contributed by atoms with Crippen LogP contribution in [0.5, 0.6) is 0 Å². The third kappa shape index (κ3) is 4.78. The molecule has 1 unspecified atom stereocenters. The molecule has 1 aliphatic rings. The zero-order valence-electron chi connectivity index (χ0n) is 13.9. The smallest absolute Gasteiger partial charge is 0.258 e. The van der Waals surface area contributed by atoms with Crippen molar-refractivity contribution in [3.8, 4) is 10.6 Å². The third-order valence-corrected chi connectivity index (χ3v) is 6.46. The highest BCUT2D eigenvalue weighted by Gasteiger charge is 2.35. The average Bonchev–Trinajstić information content (AvgIpc) is 3.25. The molecule has 1 fully saturated rings. The van der Waals surface area contributed by atoms with E-state index in [1.807, 2.05) is 30.3 Å². The molecule has 0 amide bonds. The van der Waals surface area contributed by atoms with E-state index >= 15 is 0 Å². The fourth-order valence-electron chi connectivity index (χ4n) is 2.87. The third-order valence-electron chi connectivity index (χ3n) is 4.13. The van der Waals surface area contributed by atoms with Crippen LogP contribution in [0.2, 0.25) is 0 Å². The van der Waals surface area contributed by atoms with Gasteiger partial charge in [0.25, 0.3) is 10.0 Å². The highest BCUT2D eigenvalue weighted by molar-refractivity contribution is 7.89. The fourth-order valence-corrected chi connectivity index (χ4v) is 5.10. The average molecular weight is 404 g/mol. The molecule has 0 spiro atoms. The van der Waals surface area contributed by atoms with E-state index in [-0.39, 0.29) is 23.0 Å². The molecule has 3 rings (SSSR count). The van der Waals surface area contributed by atoms with Crippen LogP contribution >= 0.6 is 23.7 Å². The Morgan fingerprint density at radius 2 is 2.12 bits per heavy atom. The van der Waals surface area contributed by atoms with Crippen molar-refractivity contribution in [3.05, 3.63) is 35.7 Å². The van der Waals surface area contributed by atoms with Crippen LogP contribution in [0.15, 0.2) is 40.7 Å². The van der Waals surface area contributed by atoms with Crippen LogP contribution < -0.4 is 10.0 Å². The Kier molecular flexibility index (Phi) is 6.95. The second-order valence-corrected chi connectivity index (χ2v) is 8.50. The minimum atomic E-state index is -3.64. The number of benzene rings is 1. The van der Waals surface area contributed by atoms with Gasteiger partial charge in [-0.05, 0) is 19.4 Å². The second kappa shape index (κ2) is 8.57. The molecule has 9 heteroatoms. The minimum absolute atomic E-state index is 0. The van der Waals surface area contributed by atoms with E-state index in [2.05, 4.69) is 15.0 Å². The summed E-state index contributed by atoms with van der Waals surface area (Å²) in [7, 11) is -2.01. The van der Waals surface area contributed by atoms with Gasteiger partial charge in [-0.2, -0.15) is 0 Å². The highest BCUT2D eigenvalue weighted by Crippen LogP contribution is 2.26. The van der Waals surface area contributed by atoms with Crippen LogP contribution in [0.3, 0.4) is 0 Å². The number of rotatable bonds is 7. The van der Waals surface area contributed by atoms with Gasteiger partial charge in [0.05, 0.1) is 12.1 Å². The van der Waals surface area contributed by atoms with Gasteiger partial charge in [-0.1, -0.05) is 30.3 Å². The van der Waals surface area contributed by atoms with E-state index in [0.29, 0.717) is 18.2 Å². The summed E-state index contributed by atoms with van der Waals surface area (Å²) < 4.78 is 33.0. The zero-order chi connectivity index (χ0) is 17.0. The Balaban J connectivity index is 0.00000225. The van der Waals surface area contributed by atoms with Gasteiger partial charge in [0.2, 0.25) is 0 Å². The van der Waals surface area contributed by atoms with Crippen molar-refractivity contribution in [2.75, 3.05) is 26.8 Å². The lowest BCUT2D eigenvalue weighted by Crippen LogP contribution is -2.52. The lowest BCUT2D eigenvalue weighted by atomic mass is 9.99. The molecule has 1 atom stereocenters. The molecule has 1 saturated heterocycles. The lowest BCUT2D eigenvalue weighted by molar-refractivity contribution is 0.122. The van der Waals surface area contributed by atoms with Crippen molar-refractivity contribution in [3.63, 3.8) is 0 Å². The van der Waals surface area contributed by atoms with Gasteiger partial charge in [0.1, 0.15) is 5.01 Å². The summed E-state index contributed by atoms with van der Waals surface area (Å²) in [5, 5.41) is 5.70. The van der Waals surface area contributed by atoms with Crippen molar-refractivity contribution in [2.45, 2.75) is 23.4 Å². The predicted octanol–water partition coefficient (Wildman–Crippen LogP) is 2.28. The summed E-state index contributed by atoms with van der Waals surface area (Å²) in [5.74, 6) is 0. The van der Waals surface area contributed by atoms with Gasteiger partial charge in [-0.25, -0.2) is 18.1 Å². The first-order valence-corrected chi connectivity index (χ1v) is 10.2. The number of halogens is 1. The van der Waals surface area contributed by atoms with Crippen molar-refractivity contribution in [1.29, 1.82) is 0 Å². The number of hydrogen-bond acceptors (Lipinski definition) is 6. The van der Waals surface area contributed by atoms with E-state index < -0.39 is 10.0 Å². The molecule has 2 aromatic rings. The quantitative estimate of drug-likeness (QED) is 0.741. The van der Waals surface area contributed by atoms with Crippen molar-refractivity contribution in [1.82, 2.24) is 15.0 Å². The second-order valence-electron chi connectivity index (χ2n) is 5.93. The molecule has 0 saturated carbocycles. The van der Waals surface area contributed by atoms with Gasteiger partial charge in [-0.15, -0.1) is 23.7 Å². The first-order chi connectivity index (χ1) is 11.5. The van der Waals surface area contributed by atoms with Crippen molar-refractivity contribution >= 4 is 33.8 Å². The summed E-state index contributed by atoms with van der Waals surface area (Å²) in [6.07, 6.45) is 1.90. The Hall–Kier alpha value is -1.03. The van der Waals surface area contributed by atoms with Crippen LogP contribution in [0, 0.1) is 0 Å². The molecule has 0 radical (unpaired) electrons. The van der Waals surface area contributed by atoms with Crippen molar-refractivity contribution in [2.24, 2.45) is 0 Å². The molecule has 0 bridgehead atoms. The Morgan fingerprint density at radius 3 is 2.76 bits per heavy atom. The lowest BCUT2D eigenvalue weighted by Gasteiger charge is -2.28. The zero-order valence-corrected chi connectivity index (χ0v) is 16.3. The number of hydrogen-bond donors (Lipinski definition) is 2. The maximum absolute atomic E-state index is 12.5. The summed E-state index contributed by atoms with van der Waals surface area (Å²) in [6.45, 7) is 1.64. The Morgan fingerprint density at radius 1 is 1.36 bits per heavy atom. The standard InChI is InChI=1S/C16H21N3O3S2.ClH/c1-22-12-16(8-5-9-17-16)11-18-24(20,21)14-10-23-15(19-14)13-6-3-2-4-7-13;/h2-4,6-7,10,17-18H,5,8-9,11-12H2,1H3;1H. The van der Waals surface area contributed by atoms with E-state index in [4.69, 9.17) is 4.74 Å². The number of ether oxygens (including phenoxy) is 1. The summed E-state index contributed by atoms with van der Waals surface area (Å²) >= 11 is 1.33. The topological polar surface area (TPSA) is 80.3 Å². The molecule has 25 heavy (non-hydrogen) atoms. The molecule has 1 aromatic carbocycles. The first kappa shape index (κ1) is 20.3. The number of thiazole rings is 1. The van der Waals surface area contributed by atoms with Crippen LogP contribution in [-0.2, 0) is 14.8 Å². The van der Waals surface area contributed by atoms with E-state index in [9.17, 15) is 8.42 Å². The Labute approximate surface area is 158 Å². The molecule has 6 nitrogen and oxygen atoms in total. The molecule has 138 valence electrons. The first-order valence-electron chi connectivity index (χ1n) is 7.79. The van der Waals surface area contributed by atoms with Crippen LogP contribution in [0.25, 0.3) is 10.6 Å². The number of aromatic nitrogens is 1. The summed E-state index contributed by atoms with van der Waals surface area (Å²) in [4.78, 5) is 4.28. The van der Waals surface area contributed by atoms with Gasteiger partial charge >= 0.3 is 0 Å². The summed E-state index contributed by atoms with van der Waals surface area (Å²) in [5.41, 5.74) is 0.581. The van der Waals surface area contributed by atoms with E-state index in [1.165, 1.54) is 11.3 Å². The maximum Gasteiger partial charge on any atom is 0.258 e. The molecular weight excluding hydrogens is 382 g/mol. The summed E-state index contributed by atoms with van der Waals surface area (Å²) in [6, 6.07) is 9.56. The predicted molar refractivity (Wildman–Crippen MR) is 102 cm³/mol. The van der Waals surface area contributed by atoms with E-state index in [1.54, 1.807) is 12.5 Å². The van der Waals surface area contributed by atoms with Gasteiger partial charge in [-0.3, -0.25) is 0 Å². The Bertz CT molecular complexity index is 775.